The van der Waals surface area contributed by atoms with E-state index in [4.69, 9.17) is 0 Å². The maximum Gasteiger partial charge on any atom is 0.0978 e. The zero-order valence-electron chi connectivity index (χ0n) is 6.38. The van der Waals surface area contributed by atoms with E-state index in [1.807, 2.05) is 6.07 Å². The minimum Gasteiger partial charge on any atom is -0.387 e. The highest BCUT2D eigenvalue weighted by molar-refractivity contribution is 9.09. The van der Waals surface area contributed by atoms with Crippen LogP contribution < -0.4 is 0 Å². The van der Waals surface area contributed by atoms with E-state index in [1.54, 1.807) is 11.3 Å². The number of hydrogen-bond donors (Lipinski definition) is 1. The molecular weight excluding hydrogens is 224 g/mol. The van der Waals surface area contributed by atoms with Gasteiger partial charge in [-0.05, 0) is 18.6 Å². The summed E-state index contributed by atoms with van der Waals surface area (Å²) >= 11 is 4.92. The van der Waals surface area contributed by atoms with Crippen LogP contribution in [0.1, 0.15) is 22.8 Å². The molecule has 3 heteroatoms. The summed E-state index contributed by atoms with van der Waals surface area (Å²) in [6.45, 7) is 2.12. The van der Waals surface area contributed by atoms with Crippen molar-refractivity contribution in [3.05, 3.63) is 21.9 Å². The zero-order valence-corrected chi connectivity index (χ0v) is 8.78. The Balaban J connectivity index is 2.71. The fraction of sp³-hybridized carbons (Fsp3) is 0.500. The van der Waals surface area contributed by atoms with Crippen molar-refractivity contribution in [2.24, 2.45) is 0 Å². The molecule has 0 aromatic carbocycles. The van der Waals surface area contributed by atoms with Crippen molar-refractivity contribution in [1.82, 2.24) is 0 Å². The number of aryl methyl sites for hydroxylation is 1. The van der Waals surface area contributed by atoms with Gasteiger partial charge in [-0.1, -0.05) is 22.9 Å². The molecule has 0 amide bonds. The van der Waals surface area contributed by atoms with Gasteiger partial charge in [-0.25, -0.2) is 0 Å². The number of alkyl halides is 1. The monoisotopic (exact) mass is 234 g/mol. The first-order chi connectivity index (χ1) is 5.27. The molecule has 0 spiro atoms. The third kappa shape index (κ3) is 2.29. The van der Waals surface area contributed by atoms with Gasteiger partial charge in [0.15, 0.2) is 0 Å². The second-order valence-corrected chi connectivity index (χ2v) is 4.18. The van der Waals surface area contributed by atoms with Gasteiger partial charge in [0.1, 0.15) is 0 Å². The van der Waals surface area contributed by atoms with Crippen molar-refractivity contribution >= 4 is 27.3 Å². The fourth-order valence-corrected chi connectivity index (χ4v) is 2.34. The van der Waals surface area contributed by atoms with Crippen molar-refractivity contribution in [3.63, 3.8) is 0 Å². The Hall–Kier alpha value is 0.140. The number of rotatable bonds is 3. The third-order valence-electron chi connectivity index (χ3n) is 1.51. The first kappa shape index (κ1) is 9.23. The number of thiophene rings is 1. The molecular formula is C8H11BrOS. The lowest BCUT2D eigenvalue weighted by Crippen LogP contribution is -1.93. The van der Waals surface area contributed by atoms with Gasteiger partial charge >= 0.3 is 0 Å². The average Bonchev–Trinajstić information content (AvgIpc) is 2.50. The maximum absolute atomic E-state index is 9.40. The molecule has 1 N–H and O–H groups in total. The van der Waals surface area contributed by atoms with Gasteiger partial charge in [0.25, 0.3) is 0 Å². The van der Waals surface area contributed by atoms with Crippen molar-refractivity contribution in [1.29, 1.82) is 0 Å². The van der Waals surface area contributed by atoms with Gasteiger partial charge in [-0.3, -0.25) is 0 Å². The van der Waals surface area contributed by atoms with Crippen LogP contribution in [0.15, 0.2) is 12.1 Å². The molecule has 1 nitrogen and oxygen atoms in total. The van der Waals surface area contributed by atoms with Crippen LogP contribution >= 0.6 is 27.3 Å². The van der Waals surface area contributed by atoms with E-state index in [-0.39, 0.29) is 6.10 Å². The molecule has 0 fully saturated rings. The molecule has 0 bridgehead atoms. The first-order valence-electron chi connectivity index (χ1n) is 3.60. The minimum atomic E-state index is -0.333. The average molecular weight is 235 g/mol. The van der Waals surface area contributed by atoms with E-state index in [9.17, 15) is 5.11 Å². The number of halogens is 1. The van der Waals surface area contributed by atoms with E-state index in [0.717, 1.165) is 11.3 Å². The smallest absolute Gasteiger partial charge is 0.0978 e. The molecule has 0 aliphatic heterocycles. The molecule has 0 radical (unpaired) electrons. The Kier molecular flexibility index (Phi) is 3.55. The van der Waals surface area contributed by atoms with Gasteiger partial charge < -0.3 is 5.11 Å². The van der Waals surface area contributed by atoms with Gasteiger partial charge in [-0.15, -0.1) is 11.3 Å². The Morgan fingerprint density at radius 3 is 2.82 bits per heavy atom. The van der Waals surface area contributed by atoms with Crippen LogP contribution in [0.3, 0.4) is 0 Å². The Morgan fingerprint density at radius 1 is 1.64 bits per heavy atom. The highest BCUT2D eigenvalue weighted by Crippen LogP contribution is 2.24. The van der Waals surface area contributed by atoms with Crippen molar-refractivity contribution in [2.45, 2.75) is 19.4 Å². The standard InChI is InChI=1S/C8H11BrOS/c1-2-6-3-4-8(11-6)7(10)5-9/h3-4,7,10H,2,5H2,1H3/t7-/m1/s1. The largest absolute Gasteiger partial charge is 0.387 e. The van der Waals surface area contributed by atoms with Crippen LogP contribution in [0, 0.1) is 0 Å². The molecule has 1 aromatic heterocycles. The van der Waals surface area contributed by atoms with Gasteiger partial charge in [0, 0.05) is 15.1 Å². The molecule has 62 valence electrons. The molecule has 1 rings (SSSR count). The van der Waals surface area contributed by atoms with Gasteiger partial charge in [-0.2, -0.15) is 0 Å². The lowest BCUT2D eigenvalue weighted by atomic mass is 10.3. The SMILES string of the molecule is CCc1ccc([C@H](O)CBr)s1. The maximum atomic E-state index is 9.40. The number of hydrogen-bond acceptors (Lipinski definition) is 2. The third-order valence-corrected chi connectivity index (χ3v) is 3.45. The van der Waals surface area contributed by atoms with Gasteiger partial charge in [0.05, 0.1) is 6.10 Å². The highest BCUT2D eigenvalue weighted by atomic mass is 79.9. The summed E-state index contributed by atoms with van der Waals surface area (Å²) in [6.07, 6.45) is 0.722. The van der Waals surface area contributed by atoms with Crippen LogP contribution in [0.25, 0.3) is 0 Å². The number of aliphatic hydroxyl groups excluding tert-OH is 1. The van der Waals surface area contributed by atoms with Crippen molar-refractivity contribution < 1.29 is 5.11 Å². The van der Waals surface area contributed by atoms with Crippen LogP contribution in [-0.4, -0.2) is 10.4 Å². The summed E-state index contributed by atoms with van der Waals surface area (Å²) in [6, 6.07) is 4.07. The summed E-state index contributed by atoms with van der Waals surface area (Å²) < 4.78 is 0. The predicted molar refractivity (Wildman–Crippen MR) is 52.5 cm³/mol. The quantitative estimate of drug-likeness (QED) is 0.798. The highest BCUT2D eigenvalue weighted by Gasteiger charge is 2.07. The molecule has 0 saturated heterocycles. The minimum absolute atomic E-state index is 0.333. The van der Waals surface area contributed by atoms with Crippen LogP contribution in [-0.2, 0) is 6.42 Å². The molecule has 11 heavy (non-hydrogen) atoms. The van der Waals surface area contributed by atoms with Crippen LogP contribution in [0.5, 0.6) is 0 Å². The zero-order chi connectivity index (χ0) is 8.27. The second-order valence-electron chi connectivity index (χ2n) is 2.33. The second kappa shape index (κ2) is 4.24. The normalized spacial score (nSPS) is 13.4. The molecule has 0 saturated carbocycles. The van der Waals surface area contributed by atoms with Crippen LogP contribution in [0.2, 0.25) is 0 Å². The molecule has 0 aliphatic rings. The van der Waals surface area contributed by atoms with E-state index >= 15 is 0 Å². The summed E-state index contributed by atoms with van der Waals surface area (Å²) in [5.41, 5.74) is 0. The Morgan fingerprint density at radius 2 is 2.36 bits per heavy atom. The molecule has 1 heterocycles. The summed E-state index contributed by atoms with van der Waals surface area (Å²) in [5, 5.41) is 10.0. The summed E-state index contributed by atoms with van der Waals surface area (Å²) in [7, 11) is 0. The van der Waals surface area contributed by atoms with Gasteiger partial charge in [0.2, 0.25) is 0 Å². The van der Waals surface area contributed by atoms with Crippen LogP contribution in [0.4, 0.5) is 0 Å². The summed E-state index contributed by atoms with van der Waals surface area (Å²) in [4.78, 5) is 2.39. The predicted octanol–water partition coefficient (Wildman–Crippen LogP) is 2.74. The first-order valence-corrected chi connectivity index (χ1v) is 5.54. The van der Waals surface area contributed by atoms with E-state index in [2.05, 4.69) is 28.9 Å². The Bertz CT molecular complexity index is 222. The summed E-state index contributed by atoms with van der Waals surface area (Å²) in [5.74, 6) is 0. The van der Waals surface area contributed by atoms with E-state index in [0.29, 0.717) is 5.33 Å². The molecule has 0 aliphatic carbocycles. The van der Waals surface area contributed by atoms with Crippen molar-refractivity contribution in [2.75, 3.05) is 5.33 Å². The fourth-order valence-electron chi connectivity index (χ4n) is 0.840. The molecule has 1 aromatic rings. The Labute approximate surface area is 79.2 Å². The topological polar surface area (TPSA) is 20.2 Å². The van der Waals surface area contributed by atoms with Crippen molar-refractivity contribution in [3.8, 4) is 0 Å². The lowest BCUT2D eigenvalue weighted by Gasteiger charge is -2.00. The molecule has 1 atom stereocenters. The van der Waals surface area contributed by atoms with E-state index in [1.165, 1.54) is 4.88 Å². The lowest BCUT2D eigenvalue weighted by molar-refractivity contribution is 0.209. The number of aliphatic hydroxyl groups is 1. The molecule has 0 unspecified atom stereocenters. The van der Waals surface area contributed by atoms with E-state index < -0.39 is 0 Å².